The minimum atomic E-state index is -0.0956. The van der Waals surface area contributed by atoms with E-state index >= 15 is 0 Å². The lowest BCUT2D eigenvalue weighted by Crippen LogP contribution is -2.28. The Morgan fingerprint density at radius 3 is 2.76 bits per heavy atom. The molecule has 0 fully saturated rings. The smallest absolute Gasteiger partial charge is 0.261 e. The number of benzene rings is 2. The van der Waals surface area contributed by atoms with Gasteiger partial charge in [-0.1, -0.05) is 16.8 Å². The van der Waals surface area contributed by atoms with Crippen molar-refractivity contribution in [2.75, 3.05) is 16.8 Å². The van der Waals surface area contributed by atoms with Crippen LogP contribution in [0.25, 0.3) is 11.4 Å². The summed E-state index contributed by atoms with van der Waals surface area (Å²) in [4.78, 5) is 31.2. The number of anilines is 2. The zero-order valence-electron chi connectivity index (χ0n) is 18.2. The Bertz CT molecular complexity index is 1320. The van der Waals surface area contributed by atoms with Gasteiger partial charge < -0.3 is 19.2 Å². The van der Waals surface area contributed by atoms with Crippen molar-refractivity contribution in [1.82, 2.24) is 10.1 Å². The van der Waals surface area contributed by atoms with E-state index < -0.39 is 0 Å². The Kier molecular flexibility index (Phi) is 6.14. The van der Waals surface area contributed by atoms with Gasteiger partial charge in [0.05, 0.1) is 11.8 Å². The van der Waals surface area contributed by atoms with Crippen LogP contribution in [0.4, 0.5) is 11.4 Å². The van der Waals surface area contributed by atoms with Crippen molar-refractivity contribution in [2.45, 2.75) is 25.7 Å². The number of amides is 2. The van der Waals surface area contributed by atoms with Gasteiger partial charge in [-0.2, -0.15) is 4.98 Å². The molecule has 9 heteroatoms. The lowest BCUT2D eigenvalue weighted by atomic mass is 10.1. The molecular formula is C25H21ClN4O4. The van der Waals surface area contributed by atoms with Gasteiger partial charge in [0.2, 0.25) is 17.6 Å². The summed E-state index contributed by atoms with van der Waals surface area (Å²) >= 11 is 5.91. The molecule has 2 aromatic carbocycles. The highest BCUT2D eigenvalue weighted by molar-refractivity contribution is 6.30. The van der Waals surface area contributed by atoms with E-state index in [0.29, 0.717) is 53.8 Å². The monoisotopic (exact) mass is 476 g/mol. The summed E-state index contributed by atoms with van der Waals surface area (Å²) in [7, 11) is 0. The first-order chi connectivity index (χ1) is 16.6. The van der Waals surface area contributed by atoms with Crippen LogP contribution in [-0.4, -0.2) is 28.5 Å². The molecule has 0 saturated carbocycles. The second-order valence-corrected chi connectivity index (χ2v) is 8.42. The van der Waals surface area contributed by atoms with Gasteiger partial charge in [0.25, 0.3) is 5.91 Å². The molecule has 4 aromatic rings. The van der Waals surface area contributed by atoms with E-state index in [1.54, 1.807) is 23.1 Å². The molecule has 2 amide bonds. The summed E-state index contributed by atoms with van der Waals surface area (Å²) < 4.78 is 10.3. The van der Waals surface area contributed by atoms with Crippen LogP contribution in [0.3, 0.4) is 0 Å². The third-order valence-electron chi connectivity index (χ3n) is 5.64. The predicted octanol–water partition coefficient (Wildman–Crippen LogP) is 5.15. The molecule has 1 aliphatic rings. The summed E-state index contributed by atoms with van der Waals surface area (Å²) in [5.41, 5.74) is 3.93. The second-order valence-electron chi connectivity index (χ2n) is 7.98. The maximum Gasteiger partial charge on any atom is 0.261 e. The summed E-state index contributed by atoms with van der Waals surface area (Å²) in [5.74, 6) is 0.790. The molecule has 1 aliphatic heterocycles. The fourth-order valence-corrected chi connectivity index (χ4v) is 4.05. The van der Waals surface area contributed by atoms with Gasteiger partial charge in [-0.05, 0) is 66.9 Å². The van der Waals surface area contributed by atoms with Gasteiger partial charge in [-0.3, -0.25) is 9.59 Å². The molecule has 8 nitrogen and oxygen atoms in total. The lowest BCUT2D eigenvalue weighted by Gasteiger charge is -2.16. The average Bonchev–Trinajstić information content (AvgIpc) is 3.60. The Morgan fingerprint density at radius 2 is 1.97 bits per heavy atom. The number of aromatic nitrogens is 2. The van der Waals surface area contributed by atoms with E-state index in [-0.39, 0.29) is 11.8 Å². The molecule has 172 valence electrons. The quantitative estimate of drug-likeness (QED) is 0.396. The molecule has 0 atom stereocenters. The number of hydrogen-bond acceptors (Lipinski definition) is 6. The average molecular weight is 477 g/mol. The molecule has 5 rings (SSSR count). The van der Waals surface area contributed by atoms with Crippen molar-refractivity contribution in [3.8, 4) is 11.4 Å². The summed E-state index contributed by atoms with van der Waals surface area (Å²) in [5, 5.41) is 7.56. The normalized spacial score (nSPS) is 12.6. The third-order valence-corrected chi connectivity index (χ3v) is 5.89. The van der Waals surface area contributed by atoms with Crippen LogP contribution in [0.1, 0.15) is 34.7 Å². The van der Waals surface area contributed by atoms with Crippen molar-refractivity contribution >= 4 is 34.8 Å². The maximum atomic E-state index is 12.6. The number of furan rings is 1. The molecule has 2 aromatic heterocycles. The topological polar surface area (TPSA) is 101 Å². The number of nitrogens with one attached hydrogen (secondary N) is 1. The van der Waals surface area contributed by atoms with Crippen molar-refractivity contribution in [1.29, 1.82) is 0 Å². The maximum absolute atomic E-state index is 12.6. The standard InChI is InChI=1S/C25H21ClN4O4/c26-19-6-4-16(5-7-19)24-28-23(34-29-24)3-1-2-22(31)27-20-8-9-21-17(14-20)10-12-30(21)25(32)18-11-13-33-15-18/h4-9,11,13-15H,1-3,10,12H2,(H,27,31). The number of fused-ring (bicyclic) bond motifs is 1. The molecule has 0 unspecified atom stereocenters. The molecule has 34 heavy (non-hydrogen) atoms. The summed E-state index contributed by atoms with van der Waals surface area (Å²) in [6, 6.07) is 14.5. The van der Waals surface area contributed by atoms with Gasteiger partial charge in [0.15, 0.2) is 0 Å². The van der Waals surface area contributed by atoms with E-state index in [2.05, 4.69) is 15.5 Å². The van der Waals surface area contributed by atoms with Gasteiger partial charge in [-0.15, -0.1) is 0 Å². The zero-order chi connectivity index (χ0) is 23.5. The Labute approximate surface area is 200 Å². The van der Waals surface area contributed by atoms with Crippen molar-refractivity contribution < 1.29 is 18.5 Å². The SMILES string of the molecule is O=C(CCCc1nc(-c2ccc(Cl)cc2)no1)Nc1ccc2c(c1)CCN2C(=O)c1ccoc1. The van der Waals surface area contributed by atoms with Crippen LogP contribution < -0.4 is 10.2 Å². The Balaban J connectivity index is 1.13. The number of rotatable bonds is 7. The van der Waals surface area contributed by atoms with Crippen LogP contribution in [0.15, 0.2) is 70.0 Å². The molecule has 0 aliphatic carbocycles. The van der Waals surface area contributed by atoms with Gasteiger partial charge in [-0.25, -0.2) is 0 Å². The first kappa shape index (κ1) is 21.9. The van der Waals surface area contributed by atoms with Gasteiger partial charge in [0.1, 0.15) is 6.26 Å². The fourth-order valence-electron chi connectivity index (χ4n) is 3.93. The highest BCUT2D eigenvalue weighted by atomic mass is 35.5. The van der Waals surface area contributed by atoms with E-state index in [0.717, 1.165) is 23.2 Å². The number of carbonyl (C=O) groups is 2. The first-order valence-corrected chi connectivity index (χ1v) is 11.3. The van der Waals surface area contributed by atoms with E-state index in [4.69, 9.17) is 20.5 Å². The lowest BCUT2D eigenvalue weighted by molar-refractivity contribution is -0.116. The number of nitrogens with zero attached hydrogens (tertiary/aromatic N) is 3. The third kappa shape index (κ3) is 4.72. The van der Waals surface area contributed by atoms with E-state index in [9.17, 15) is 9.59 Å². The highest BCUT2D eigenvalue weighted by Gasteiger charge is 2.26. The van der Waals surface area contributed by atoms with Crippen LogP contribution in [0.2, 0.25) is 5.02 Å². The number of carbonyl (C=O) groups excluding carboxylic acids is 2. The van der Waals surface area contributed by atoms with Crippen LogP contribution in [0, 0.1) is 0 Å². The number of aryl methyl sites for hydroxylation is 1. The molecule has 0 saturated heterocycles. The van der Waals surface area contributed by atoms with E-state index in [1.165, 1.54) is 12.5 Å². The zero-order valence-corrected chi connectivity index (χ0v) is 18.9. The summed E-state index contributed by atoms with van der Waals surface area (Å²) in [6.07, 6.45) is 5.06. The summed E-state index contributed by atoms with van der Waals surface area (Å²) in [6.45, 7) is 0.596. The fraction of sp³-hybridized carbons (Fsp3) is 0.200. The Morgan fingerprint density at radius 1 is 1.12 bits per heavy atom. The highest BCUT2D eigenvalue weighted by Crippen LogP contribution is 2.32. The first-order valence-electron chi connectivity index (χ1n) is 10.9. The van der Waals surface area contributed by atoms with Crippen molar-refractivity contribution in [3.05, 3.63) is 83.1 Å². The van der Waals surface area contributed by atoms with E-state index in [1.807, 2.05) is 30.3 Å². The molecule has 3 heterocycles. The van der Waals surface area contributed by atoms with Gasteiger partial charge in [0, 0.05) is 41.3 Å². The minimum absolute atomic E-state index is 0.0930. The van der Waals surface area contributed by atoms with Crippen LogP contribution in [0.5, 0.6) is 0 Å². The van der Waals surface area contributed by atoms with Gasteiger partial charge >= 0.3 is 0 Å². The van der Waals surface area contributed by atoms with Crippen LogP contribution in [-0.2, 0) is 17.6 Å². The number of halogens is 1. The number of hydrogen-bond donors (Lipinski definition) is 1. The molecule has 0 spiro atoms. The minimum Gasteiger partial charge on any atom is -0.472 e. The van der Waals surface area contributed by atoms with Crippen LogP contribution >= 0.6 is 11.6 Å². The Hall–Kier alpha value is -3.91. The molecule has 0 bridgehead atoms. The second kappa shape index (κ2) is 9.52. The molecular weight excluding hydrogens is 456 g/mol. The molecule has 1 N–H and O–H groups in total. The largest absolute Gasteiger partial charge is 0.472 e. The van der Waals surface area contributed by atoms with Crippen molar-refractivity contribution in [3.63, 3.8) is 0 Å². The molecule has 0 radical (unpaired) electrons. The predicted molar refractivity (Wildman–Crippen MR) is 127 cm³/mol. The van der Waals surface area contributed by atoms with Crippen molar-refractivity contribution in [2.24, 2.45) is 0 Å².